The Bertz CT molecular complexity index is 189. The van der Waals surface area contributed by atoms with Crippen LogP contribution >= 0.6 is 0 Å². The molecule has 0 radical (unpaired) electrons. The van der Waals surface area contributed by atoms with E-state index in [4.69, 9.17) is 0 Å². The molecule has 0 rings (SSSR count). The minimum absolute atomic E-state index is 0.229. The summed E-state index contributed by atoms with van der Waals surface area (Å²) in [7, 11) is 0. The highest BCUT2D eigenvalue weighted by Crippen LogP contribution is 2.32. The molecule has 1 amide bonds. The molecule has 0 saturated heterocycles. The van der Waals surface area contributed by atoms with Crippen molar-refractivity contribution in [2.75, 3.05) is 6.54 Å². The van der Waals surface area contributed by atoms with Gasteiger partial charge < -0.3 is 10.1 Å². The van der Waals surface area contributed by atoms with Crippen LogP contribution in [0.2, 0.25) is 0 Å². The number of rotatable bonds is 2. The summed E-state index contributed by atoms with van der Waals surface area (Å²) in [6.07, 6.45) is -5.62. The first-order valence-corrected chi connectivity index (χ1v) is 3.74. The number of hydrogen-bond donors (Lipinski definition) is 1. The van der Waals surface area contributed by atoms with Gasteiger partial charge in [0.05, 0.1) is 0 Å². The van der Waals surface area contributed by atoms with Crippen molar-refractivity contribution in [1.82, 2.24) is 5.32 Å². The normalized spacial score (nSPS) is 12.5. The van der Waals surface area contributed by atoms with Gasteiger partial charge >= 0.3 is 12.3 Å². The molecule has 6 heteroatoms. The Kier molecular flexibility index (Phi) is 3.57. The van der Waals surface area contributed by atoms with Crippen LogP contribution in [0.25, 0.3) is 0 Å². The first-order valence-electron chi connectivity index (χ1n) is 3.74. The maximum absolute atomic E-state index is 12.1. The summed E-state index contributed by atoms with van der Waals surface area (Å²) in [6, 6.07) is 0. The van der Waals surface area contributed by atoms with Crippen molar-refractivity contribution in [3.8, 4) is 0 Å². The van der Waals surface area contributed by atoms with E-state index in [0.29, 0.717) is 0 Å². The van der Waals surface area contributed by atoms with Gasteiger partial charge in [0.25, 0.3) is 0 Å². The monoisotopic (exact) mass is 199 g/mol. The molecule has 0 unspecified atom stereocenters. The summed E-state index contributed by atoms with van der Waals surface area (Å²) in [6.45, 7) is 3.40. The highest BCUT2D eigenvalue weighted by molar-refractivity contribution is 5.67. The zero-order valence-corrected chi connectivity index (χ0v) is 7.66. The summed E-state index contributed by atoms with van der Waals surface area (Å²) in [5.41, 5.74) is -2.45. The summed E-state index contributed by atoms with van der Waals surface area (Å²) in [5, 5.41) is 2.11. The smallest absolute Gasteiger partial charge is 0.427 e. The molecule has 3 nitrogen and oxygen atoms in total. The zero-order valence-electron chi connectivity index (χ0n) is 7.66. The van der Waals surface area contributed by atoms with Crippen molar-refractivity contribution < 1.29 is 22.7 Å². The average molecular weight is 199 g/mol. The lowest BCUT2D eigenvalue weighted by Crippen LogP contribution is -2.45. The van der Waals surface area contributed by atoms with Crippen LogP contribution in [0.3, 0.4) is 0 Å². The third-order valence-electron chi connectivity index (χ3n) is 1.35. The molecule has 0 aliphatic carbocycles. The molecule has 0 saturated carbocycles. The van der Waals surface area contributed by atoms with Crippen LogP contribution in [0.1, 0.15) is 20.8 Å². The van der Waals surface area contributed by atoms with Gasteiger partial charge in [0, 0.05) is 6.54 Å². The number of carbonyl (C=O) groups is 1. The quantitative estimate of drug-likeness (QED) is 0.739. The Labute approximate surface area is 74.3 Å². The van der Waals surface area contributed by atoms with Crippen LogP contribution < -0.4 is 5.32 Å². The first-order chi connectivity index (χ1) is 5.70. The van der Waals surface area contributed by atoms with E-state index in [1.165, 1.54) is 0 Å². The number of alkyl halides is 3. The SMILES string of the molecule is CCNC(=O)OC(C)(C)C(F)(F)F. The zero-order chi connectivity index (χ0) is 10.7. The molecule has 1 N–H and O–H groups in total. The van der Waals surface area contributed by atoms with Crippen LogP contribution in [0.15, 0.2) is 0 Å². The second-order valence-electron chi connectivity index (χ2n) is 2.93. The number of halogens is 3. The van der Waals surface area contributed by atoms with E-state index in [1.54, 1.807) is 6.92 Å². The Morgan fingerprint density at radius 2 is 1.85 bits per heavy atom. The van der Waals surface area contributed by atoms with Gasteiger partial charge in [-0.05, 0) is 20.8 Å². The predicted octanol–water partition coefficient (Wildman–Crippen LogP) is 2.07. The van der Waals surface area contributed by atoms with Gasteiger partial charge in [-0.3, -0.25) is 0 Å². The lowest BCUT2D eigenvalue weighted by Gasteiger charge is -2.27. The molecular formula is C7H12F3NO2. The molecule has 0 aromatic heterocycles. The topological polar surface area (TPSA) is 38.3 Å². The number of nitrogens with one attached hydrogen (secondary N) is 1. The molecule has 0 aromatic rings. The fourth-order valence-corrected chi connectivity index (χ4v) is 0.470. The van der Waals surface area contributed by atoms with E-state index >= 15 is 0 Å². The number of alkyl carbamates (subject to hydrolysis) is 1. The number of carbonyl (C=O) groups excluding carboxylic acids is 1. The number of amides is 1. The van der Waals surface area contributed by atoms with Crippen LogP contribution in [-0.2, 0) is 4.74 Å². The van der Waals surface area contributed by atoms with Gasteiger partial charge in [0.1, 0.15) is 0 Å². The molecule has 0 spiro atoms. The second-order valence-corrected chi connectivity index (χ2v) is 2.93. The summed E-state index contributed by atoms with van der Waals surface area (Å²) < 4.78 is 40.6. The molecule has 78 valence electrons. The van der Waals surface area contributed by atoms with E-state index in [9.17, 15) is 18.0 Å². The molecule has 0 heterocycles. The highest BCUT2D eigenvalue weighted by atomic mass is 19.4. The Morgan fingerprint density at radius 3 is 2.15 bits per heavy atom. The van der Waals surface area contributed by atoms with Gasteiger partial charge in [-0.1, -0.05) is 0 Å². The van der Waals surface area contributed by atoms with Crippen LogP contribution in [-0.4, -0.2) is 24.4 Å². The average Bonchev–Trinajstić information content (AvgIpc) is 1.83. The Morgan fingerprint density at radius 1 is 1.38 bits per heavy atom. The minimum Gasteiger partial charge on any atom is -0.434 e. The van der Waals surface area contributed by atoms with E-state index in [-0.39, 0.29) is 6.54 Å². The number of ether oxygens (including phenoxy) is 1. The van der Waals surface area contributed by atoms with E-state index in [1.807, 2.05) is 0 Å². The van der Waals surface area contributed by atoms with Crippen LogP contribution in [0, 0.1) is 0 Å². The molecule has 0 aliphatic heterocycles. The largest absolute Gasteiger partial charge is 0.434 e. The third-order valence-corrected chi connectivity index (χ3v) is 1.35. The van der Waals surface area contributed by atoms with Crippen molar-refractivity contribution in [2.45, 2.75) is 32.5 Å². The fourth-order valence-electron chi connectivity index (χ4n) is 0.470. The van der Waals surface area contributed by atoms with Gasteiger partial charge in [-0.15, -0.1) is 0 Å². The van der Waals surface area contributed by atoms with E-state index in [0.717, 1.165) is 13.8 Å². The maximum atomic E-state index is 12.1. The fraction of sp³-hybridized carbons (Fsp3) is 0.857. The Hall–Kier alpha value is -0.940. The summed E-state index contributed by atoms with van der Waals surface area (Å²) in [4.78, 5) is 10.7. The van der Waals surface area contributed by atoms with E-state index in [2.05, 4.69) is 10.1 Å². The molecule has 0 fully saturated rings. The van der Waals surface area contributed by atoms with Crippen LogP contribution in [0.4, 0.5) is 18.0 Å². The molecule has 0 aliphatic rings. The lowest BCUT2D eigenvalue weighted by molar-refractivity contribution is -0.243. The van der Waals surface area contributed by atoms with Gasteiger partial charge in [0.15, 0.2) is 0 Å². The molecule has 13 heavy (non-hydrogen) atoms. The third kappa shape index (κ3) is 3.52. The highest BCUT2D eigenvalue weighted by Gasteiger charge is 2.50. The Balaban J connectivity index is 4.26. The first kappa shape index (κ1) is 12.1. The van der Waals surface area contributed by atoms with Gasteiger partial charge in [-0.25, -0.2) is 4.79 Å². The van der Waals surface area contributed by atoms with Crippen molar-refractivity contribution in [3.05, 3.63) is 0 Å². The molecule has 0 atom stereocenters. The van der Waals surface area contributed by atoms with Gasteiger partial charge in [0.2, 0.25) is 5.60 Å². The lowest BCUT2D eigenvalue weighted by atomic mass is 10.1. The van der Waals surface area contributed by atoms with Crippen molar-refractivity contribution >= 4 is 6.09 Å². The molecular weight excluding hydrogens is 187 g/mol. The van der Waals surface area contributed by atoms with Crippen molar-refractivity contribution in [3.63, 3.8) is 0 Å². The maximum Gasteiger partial charge on any atom is 0.427 e. The standard InChI is InChI=1S/C7H12F3NO2/c1-4-11-5(12)13-6(2,3)7(8,9)10/h4H2,1-3H3,(H,11,12). The van der Waals surface area contributed by atoms with Crippen molar-refractivity contribution in [1.29, 1.82) is 0 Å². The second kappa shape index (κ2) is 3.85. The summed E-state index contributed by atoms with van der Waals surface area (Å²) >= 11 is 0. The van der Waals surface area contributed by atoms with E-state index < -0.39 is 17.9 Å². The van der Waals surface area contributed by atoms with Gasteiger partial charge in [-0.2, -0.15) is 13.2 Å². The minimum atomic E-state index is -4.56. The summed E-state index contributed by atoms with van der Waals surface area (Å²) in [5.74, 6) is 0. The van der Waals surface area contributed by atoms with Crippen LogP contribution in [0.5, 0.6) is 0 Å². The molecule has 0 bridgehead atoms. The molecule has 0 aromatic carbocycles. The van der Waals surface area contributed by atoms with Crippen molar-refractivity contribution in [2.24, 2.45) is 0 Å². The predicted molar refractivity (Wildman–Crippen MR) is 40.3 cm³/mol. The number of hydrogen-bond acceptors (Lipinski definition) is 2.